The van der Waals surface area contributed by atoms with Crippen molar-refractivity contribution >= 4 is 17.5 Å². The molecule has 36 heavy (non-hydrogen) atoms. The first-order chi connectivity index (χ1) is 17.3. The maximum Gasteiger partial charge on any atom is 0.270 e. The number of nitrogens with one attached hydrogen (secondary N) is 2. The van der Waals surface area contributed by atoms with Crippen molar-refractivity contribution < 1.29 is 14.0 Å². The van der Waals surface area contributed by atoms with Crippen molar-refractivity contribution in [1.29, 1.82) is 0 Å². The van der Waals surface area contributed by atoms with E-state index in [9.17, 15) is 14.0 Å². The van der Waals surface area contributed by atoms with Gasteiger partial charge in [0.05, 0.1) is 0 Å². The van der Waals surface area contributed by atoms with Gasteiger partial charge in [-0.3, -0.25) is 14.5 Å². The Hall–Kier alpha value is -2.87. The number of hydrogen-bond donors (Lipinski definition) is 2. The number of aromatic amines is 1. The molecule has 0 bridgehead atoms. The predicted octanol–water partition coefficient (Wildman–Crippen LogP) is 3.65. The molecular formula is C28H40FN5O2. The second-order valence-electron chi connectivity index (χ2n) is 10.3. The monoisotopic (exact) mass is 497 g/mol. The zero-order chi connectivity index (χ0) is 25.7. The Morgan fingerprint density at radius 2 is 1.64 bits per heavy atom. The average Bonchev–Trinajstić information content (AvgIpc) is 3.15. The molecule has 3 heterocycles. The van der Waals surface area contributed by atoms with Crippen molar-refractivity contribution in [2.24, 2.45) is 5.92 Å². The lowest BCUT2D eigenvalue weighted by atomic mass is 9.93. The summed E-state index contributed by atoms with van der Waals surface area (Å²) in [5.74, 6) is 0.326. The number of carbonyl (C=O) groups is 2. The molecular weight excluding hydrogens is 457 g/mol. The minimum atomic E-state index is -0.201. The number of H-pyrrole nitrogens is 1. The molecule has 0 radical (unpaired) electrons. The molecule has 7 nitrogen and oxygen atoms in total. The summed E-state index contributed by atoms with van der Waals surface area (Å²) in [6, 6.07) is 6.71. The Kier molecular flexibility index (Phi) is 8.67. The summed E-state index contributed by atoms with van der Waals surface area (Å²) in [5.41, 5.74) is 5.02. The van der Waals surface area contributed by atoms with Gasteiger partial charge in [-0.25, -0.2) is 4.39 Å². The number of piperazine rings is 1. The number of hydrogen-bond acceptors (Lipinski definition) is 4. The van der Waals surface area contributed by atoms with Crippen molar-refractivity contribution in [2.45, 2.75) is 46.5 Å². The molecule has 1 aromatic heterocycles. The Morgan fingerprint density at radius 3 is 2.25 bits per heavy atom. The van der Waals surface area contributed by atoms with Crippen molar-refractivity contribution in [3.63, 3.8) is 0 Å². The number of likely N-dealkylation sites (tertiary alicyclic amines) is 1. The van der Waals surface area contributed by atoms with E-state index in [2.05, 4.69) is 20.1 Å². The molecule has 0 atom stereocenters. The summed E-state index contributed by atoms with van der Waals surface area (Å²) in [5, 5.41) is 3.09. The molecule has 2 N–H and O–H groups in total. The molecule has 2 saturated heterocycles. The summed E-state index contributed by atoms with van der Waals surface area (Å²) >= 11 is 0. The van der Waals surface area contributed by atoms with E-state index in [1.807, 2.05) is 37.8 Å². The highest BCUT2D eigenvalue weighted by molar-refractivity contribution is 5.94. The largest absolute Gasteiger partial charge is 0.369 e. The highest BCUT2D eigenvalue weighted by Gasteiger charge is 2.27. The zero-order valence-electron chi connectivity index (χ0n) is 21.9. The van der Waals surface area contributed by atoms with Gasteiger partial charge in [0, 0.05) is 63.6 Å². The zero-order valence-corrected chi connectivity index (χ0v) is 21.9. The summed E-state index contributed by atoms with van der Waals surface area (Å²) in [6.07, 6.45) is 3.21. The normalized spacial score (nSPS) is 17.4. The maximum absolute atomic E-state index is 13.1. The van der Waals surface area contributed by atoms with Gasteiger partial charge in [0.1, 0.15) is 11.5 Å². The third-order valence-electron chi connectivity index (χ3n) is 7.94. The fraction of sp³-hybridized carbons (Fsp3) is 0.571. The molecule has 2 aliphatic rings. The van der Waals surface area contributed by atoms with Crippen LogP contribution in [0.1, 0.15) is 53.0 Å². The number of piperidine rings is 1. The second kappa shape index (κ2) is 11.9. The van der Waals surface area contributed by atoms with E-state index in [4.69, 9.17) is 0 Å². The van der Waals surface area contributed by atoms with Gasteiger partial charge in [-0.1, -0.05) is 0 Å². The molecule has 0 spiro atoms. The minimum Gasteiger partial charge on any atom is -0.369 e. The number of aryl methyl sites for hydroxylation is 1. The summed E-state index contributed by atoms with van der Waals surface area (Å²) in [7, 11) is 0. The van der Waals surface area contributed by atoms with Crippen molar-refractivity contribution in [3.8, 4) is 0 Å². The van der Waals surface area contributed by atoms with Crippen LogP contribution in [-0.4, -0.2) is 79.0 Å². The van der Waals surface area contributed by atoms with Gasteiger partial charge in [0.2, 0.25) is 5.91 Å². The lowest BCUT2D eigenvalue weighted by molar-refractivity contribution is -0.122. The standard InChI is InChI=1S/C28H40FN5O2/c1-20-21(2)27(31-22(20)3)28(36)34-13-9-23(10-14-34)19-26(35)30-11-4-12-32-15-17-33(18-16-32)25-7-5-24(29)6-8-25/h5-8,23,31H,4,9-19H2,1-3H3,(H,30,35). The van der Waals surface area contributed by atoms with Crippen molar-refractivity contribution in [1.82, 2.24) is 20.1 Å². The molecule has 0 unspecified atom stereocenters. The van der Waals surface area contributed by atoms with E-state index in [-0.39, 0.29) is 17.6 Å². The van der Waals surface area contributed by atoms with Gasteiger partial charge in [-0.15, -0.1) is 0 Å². The molecule has 4 rings (SSSR count). The quantitative estimate of drug-likeness (QED) is 0.546. The number of halogens is 1. The maximum atomic E-state index is 13.1. The molecule has 2 fully saturated rings. The first kappa shape index (κ1) is 26.2. The average molecular weight is 498 g/mol. The van der Waals surface area contributed by atoms with Crippen LogP contribution in [-0.2, 0) is 4.79 Å². The van der Waals surface area contributed by atoms with Crippen molar-refractivity contribution in [2.75, 3.05) is 57.3 Å². The lowest BCUT2D eigenvalue weighted by Gasteiger charge is -2.36. The fourth-order valence-electron chi connectivity index (χ4n) is 5.30. The molecule has 2 amide bonds. The number of nitrogens with zero attached hydrogens (tertiary/aromatic N) is 3. The molecule has 0 saturated carbocycles. The summed E-state index contributed by atoms with van der Waals surface area (Å²) in [6.45, 7) is 12.9. The number of aromatic nitrogens is 1. The third kappa shape index (κ3) is 6.46. The van der Waals surface area contributed by atoms with E-state index >= 15 is 0 Å². The predicted molar refractivity (Wildman–Crippen MR) is 141 cm³/mol. The van der Waals surface area contributed by atoms with E-state index in [0.29, 0.717) is 37.7 Å². The van der Waals surface area contributed by atoms with Crippen molar-refractivity contribution in [3.05, 3.63) is 52.6 Å². The number of amides is 2. The first-order valence-electron chi connectivity index (χ1n) is 13.3. The fourth-order valence-corrected chi connectivity index (χ4v) is 5.30. The highest BCUT2D eigenvalue weighted by atomic mass is 19.1. The van der Waals surface area contributed by atoms with Crippen LogP contribution in [0.2, 0.25) is 0 Å². The number of carbonyl (C=O) groups excluding carboxylic acids is 2. The topological polar surface area (TPSA) is 71.7 Å². The summed E-state index contributed by atoms with van der Waals surface area (Å²) < 4.78 is 13.1. The lowest BCUT2D eigenvalue weighted by Crippen LogP contribution is -2.47. The molecule has 1 aromatic carbocycles. The Bertz CT molecular complexity index is 1030. The van der Waals surface area contributed by atoms with Gasteiger partial charge in [-0.05, 0) is 87.9 Å². The van der Waals surface area contributed by atoms with E-state index in [1.165, 1.54) is 12.1 Å². The smallest absolute Gasteiger partial charge is 0.270 e. The van der Waals surface area contributed by atoms with Crippen LogP contribution in [0, 0.1) is 32.5 Å². The van der Waals surface area contributed by atoms with Gasteiger partial charge in [0.15, 0.2) is 0 Å². The van der Waals surface area contributed by atoms with E-state index < -0.39 is 0 Å². The van der Waals surface area contributed by atoms with Gasteiger partial charge < -0.3 is 20.1 Å². The Morgan fingerprint density at radius 1 is 0.972 bits per heavy atom. The first-order valence-corrected chi connectivity index (χ1v) is 13.3. The van der Waals surface area contributed by atoms with Crippen LogP contribution < -0.4 is 10.2 Å². The van der Waals surface area contributed by atoms with Crippen LogP contribution in [0.15, 0.2) is 24.3 Å². The second-order valence-corrected chi connectivity index (χ2v) is 10.3. The number of rotatable bonds is 8. The number of benzene rings is 1. The highest BCUT2D eigenvalue weighted by Crippen LogP contribution is 2.24. The minimum absolute atomic E-state index is 0.0742. The van der Waals surface area contributed by atoms with Gasteiger partial charge in [0.25, 0.3) is 5.91 Å². The SMILES string of the molecule is Cc1[nH]c(C(=O)N2CCC(CC(=O)NCCCN3CCN(c4ccc(F)cc4)CC3)CC2)c(C)c1C. The Balaban J connectivity index is 1.09. The number of anilines is 1. The Labute approximate surface area is 214 Å². The van der Waals surface area contributed by atoms with Crippen LogP contribution in [0.4, 0.5) is 10.1 Å². The van der Waals surface area contributed by atoms with Crippen LogP contribution in [0.3, 0.4) is 0 Å². The van der Waals surface area contributed by atoms with Crippen LogP contribution in [0.5, 0.6) is 0 Å². The van der Waals surface area contributed by atoms with Crippen LogP contribution in [0.25, 0.3) is 0 Å². The van der Waals surface area contributed by atoms with Gasteiger partial charge >= 0.3 is 0 Å². The molecule has 196 valence electrons. The van der Waals surface area contributed by atoms with E-state index in [1.54, 1.807) is 0 Å². The van der Waals surface area contributed by atoms with Crippen LogP contribution >= 0.6 is 0 Å². The summed E-state index contributed by atoms with van der Waals surface area (Å²) in [4.78, 5) is 35.3. The molecule has 2 aromatic rings. The molecule has 0 aliphatic carbocycles. The van der Waals surface area contributed by atoms with E-state index in [0.717, 1.165) is 74.5 Å². The third-order valence-corrected chi connectivity index (χ3v) is 7.94. The molecule has 8 heteroatoms. The van der Waals surface area contributed by atoms with Gasteiger partial charge in [-0.2, -0.15) is 0 Å². The molecule has 2 aliphatic heterocycles.